The van der Waals surface area contributed by atoms with Gasteiger partial charge in [-0.25, -0.2) is 0 Å². The van der Waals surface area contributed by atoms with Gasteiger partial charge in [0.1, 0.15) is 0 Å². The molecule has 0 aromatic rings. The van der Waals surface area contributed by atoms with Gasteiger partial charge in [0.2, 0.25) is 0 Å². The Morgan fingerprint density at radius 1 is 1.67 bits per heavy atom. The molecule has 0 fully saturated rings. The predicted octanol–water partition coefficient (Wildman–Crippen LogP) is -1.31. The molecule has 6 heavy (non-hydrogen) atoms. The lowest BCUT2D eigenvalue weighted by Gasteiger charge is -1.89. The van der Waals surface area contributed by atoms with Gasteiger partial charge in [-0.2, -0.15) is 0 Å². The lowest BCUT2D eigenvalue weighted by Crippen LogP contribution is -2.28. The first-order chi connectivity index (χ1) is 2.77. The zero-order valence-corrected chi connectivity index (χ0v) is 3.26. The molecule has 3 N–H and O–H groups in total. The van der Waals surface area contributed by atoms with Gasteiger partial charge >= 0.3 is 7.25 Å². The third-order valence-corrected chi connectivity index (χ3v) is 0.267. The van der Waals surface area contributed by atoms with Gasteiger partial charge in [-0.1, -0.05) is 6.58 Å². The molecule has 0 aliphatic rings. The van der Waals surface area contributed by atoms with E-state index >= 15 is 0 Å². The van der Waals surface area contributed by atoms with Crippen LogP contribution in [0.2, 0.25) is 0 Å². The van der Waals surface area contributed by atoms with E-state index in [0.717, 1.165) is 0 Å². The average Bonchev–Trinajstić information content (AvgIpc) is 1.35. The Kier molecular flexibility index (Phi) is 2.53. The van der Waals surface area contributed by atoms with E-state index in [1.807, 2.05) is 0 Å². The second-order valence-electron chi connectivity index (χ2n) is 0.744. The second kappa shape index (κ2) is 2.75. The number of hydrogen-bond acceptors (Lipinski definition) is 3. The minimum Gasteiger partial charge on any atom is -0.408 e. The third-order valence-electron chi connectivity index (χ3n) is 0.267. The third kappa shape index (κ3) is 3.52. The van der Waals surface area contributed by atoms with Gasteiger partial charge in [0.15, 0.2) is 0 Å². The quantitative estimate of drug-likeness (QED) is 0.366. The Hall–Kier alpha value is -0.475. The summed E-state index contributed by atoms with van der Waals surface area (Å²) in [5.74, 6) is 0. The van der Waals surface area contributed by atoms with Gasteiger partial charge < -0.3 is 15.3 Å². The van der Waals surface area contributed by atoms with Crippen LogP contribution in [0.25, 0.3) is 0 Å². The summed E-state index contributed by atoms with van der Waals surface area (Å²) < 4.78 is 0. The van der Waals surface area contributed by atoms with Crippen LogP contribution in [-0.4, -0.2) is 17.3 Å². The highest BCUT2D eigenvalue weighted by atomic mass is 16.4. The minimum absolute atomic E-state index is 1.20. The van der Waals surface area contributed by atoms with Crippen molar-refractivity contribution in [1.29, 1.82) is 0 Å². The highest BCUT2D eigenvalue weighted by Crippen LogP contribution is 1.53. The Balaban J connectivity index is 2.81. The van der Waals surface area contributed by atoms with E-state index in [0.29, 0.717) is 0 Å². The summed E-state index contributed by atoms with van der Waals surface area (Å²) >= 11 is 0. The molecule has 0 unspecified atom stereocenters. The summed E-state index contributed by atoms with van der Waals surface area (Å²) in [5.41, 5.74) is 0. The van der Waals surface area contributed by atoms with E-state index in [9.17, 15) is 0 Å². The average molecular weight is 86.9 g/mol. The molecule has 4 heteroatoms. The van der Waals surface area contributed by atoms with Crippen LogP contribution in [0.4, 0.5) is 0 Å². The van der Waals surface area contributed by atoms with Crippen molar-refractivity contribution in [3.63, 3.8) is 0 Å². The summed E-state index contributed by atoms with van der Waals surface area (Å²) in [4.78, 5) is 0. The maximum absolute atomic E-state index is 7.93. The highest BCUT2D eigenvalue weighted by molar-refractivity contribution is 6.38. The summed E-state index contributed by atoms with van der Waals surface area (Å²) in [6.07, 6.45) is 1.20. The fourth-order valence-corrected chi connectivity index (χ4v) is 0.105. The Labute approximate surface area is 36.5 Å². The molecule has 0 aromatic carbocycles. The first-order valence-electron chi connectivity index (χ1n) is 1.50. The Morgan fingerprint density at radius 2 is 2.17 bits per heavy atom. The van der Waals surface area contributed by atoms with Crippen LogP contribution in [0.15, 0.2) is 12.8 Å². The summed E-state index contributed by atoms with van der Waals surface area (Å²) in [6, 6.07) is 0. The fourth-order valence-electron chi connectivity index (χ4n) is 0.105. The van der Waals surface area contributed by atoms with Gasteiger partial charge in [-0.3, -0.25) is 0 Å². The van der Waals surface area contributed by atoms with Crippen molar-refractivity contribution >= 4 is 7.25 Å². The molecule has 0 saturated carbocycles. The maximum atomic E-state index is 7.93. The zero-order chi connectivity index (χ0) is 4.99. The van der Waals surface area contributed by atoms with Crippen LogP contribution in [0.3, 0.4) is 0 Å². The molecule has 0 aromatic heterocycles. The van der Waals surface area contributed by atoms with Crippen molar-refractivity contribution < 1.29 is 10.0 Å². The van der Waals surface area contributed by atoms with Crippen LogP contribution in [0, 0.1) is 0 Å². The van der Waals surface area contributed by atoms with Crippen LogP contribution >= 0.6 is 0 Å². The van der Waals surface area contributed by atoms with Crippen LogP contribution in [0.1, 0.15) is 0 Å². The van der Waals surface area contributed by atoms with Gasteiger partial charge in [0.25, 0.3) is 0 Å². The highest BCUT2D eigenvalue weighted by Gasteiger charge is 1.98. The van der Waals surface area contributed by atoms with E-state index in [2.05, 4.69) is 11.8 Å². The molecular formula is C2H6BNO2. The van der Waals surface area contributed by atoms with Gasteiger partial charge in [-0.05, 0) is 6.20 Å². The van der Waals surface area contributed by atoms with Crippen molar-refractivity contribution in [3.8, 4) is 0 Å². The minimum atomic E-state index is -1.47. The molecule has 0 rings (SSSR count). The van der Waals surface area contributed by atoms with E-state index in [1.54, 1.807) is 0 Å². The molecule has 34 valence electrons. The van der Waals surface area contributed by atoms with Crippen LogP contribution in [0.5, 0.6) is 0 Å². The van der Waals surface area contributed by atoms with E-state index < -0.39 is 7.25 Å². The number of nitrogens with one attached hydrogen (secondary N) is 1. The molecule has 3 nitrogen and oxygen atoms in total. The molecular weight excluding hydrogens is 80.8 g/mol. The standard InChI is InChI=1S/C2H6BNO2/c1-2-4-3(5)6/h2,4-6H,1H2. The molecule has 0 amide bonds. The number of hydrogen-bond donors (Lipinski definition) is 3. The summed E-state index contributed by atoms with van der Waals surface area (Å²) in [5, 5.41) is 17.9. The Bertz CT molecular complexity index is 46.8. The van der Waals surface area contributed by atoms with E-state index in [4.69, 9.17) is 10.0 Å². The summed E-state index contributed by atoms with van der Waals surface area (Å²) in [6.45, 7) is 3.17. The molecule has 0 saturated heterocycles. The van der Waals surface area contributed by atoms with Crippen molar-refractivity contribution in [2.75, 3.05) is 0 Å². The fraction of sp³-hybridized carbons (Fsp3) is 0. The molecule has 0 aliphatic heterocycles. The first kappa shape index (κ1) is 5.52. The van der Waals surface area contributed by atoms with Gasteiger partial charge in [0.05, 0.1) is 0 Å². The summed E-state index contributed by atoms with van der Waals surface area (Å²) in [7, 11) is -1.47. The molecule has 0 bridgehead atoms. The zero-order valence-electron chi connectivity index (χ0n) is 3.26. The van der Waals surface area contributed by atoms with Gasteiger partial charge in [-0.15, -0.1) is 0 Å². The smallest absolute Gasteiger partial charge is 0.408 e. The largest absolute Gasteiger partial charge is 0.584 e. The van der Waals surface area contributed by atoms with Crippen molar-refractivity contribution in [2.24, 2.45) is 0 Å². The normalized spacial score (nSPS) is 7.00. The molecule has 0 aliphatic carbocycles. The number of rotatable bonds is 2. The maximum Gasteiger partial charge on any atom is 0.584 e. The monoisotopic (exact) mass is 87.0 g/mol. The first-order valence-corrected chi connectivity index (χ1v) is 1.50. The molecule has 0 spiro atoms. The molecule has 0 heterocycles. The molecule has 0 atom stereocenters. The predicted molar refractivity (Wildman–Crippen MR) is 23.5 cm³/mol. The SMILES string of the molecule is C=CNB(O)O. The lowest BCUT2D eigenvalue weighted by molar-refractivity contribution is 0.396. The van der Waals surface area contributed by atoms with Crippen LogP contribution in [-0.2, 0) is 0 Å². The Morgan fingerprint density at radius 3 is 2.17 bits per heavy atom. The van der Waals surface area contributed by atoms with Crippen molar-refractivity contribution in [2.45, 2.75) is 0 Å². The second-order valence-corrected chi connectivity index (χ2v) is 0.744. The van der Waals surface area contributed by atoms with Crippen LogP contribution < -0.4 is 5.23 Å². The van der Waals surface area contributed by atoms with Crippen molar-refractivity contribution in [1.82, 2.24) is 5.23 Å². The molecule has 0 radical (unpaired) electrons. The van der Waals surface area contributed by atoms with E-state index in [-0.39, 0.29) is 0 Å². The lowest BCUT2D eigenvalue weighted by atomic mass is 10.2. The topological polar surface area (TPSA) is 52.5 Å². The van der Waals surface area contributed by atoms with Crippen molar-refractivity contribution in [3.05, 3.63) is 12.8 Å². The van der Waals surface area contributed by atoms with E-state index in [1.165, 1.54) is 6.20 Å². The van der Waals surface area contributed by atoms with Gasteiger partial charge in [0, 0.05) is 0 Å².